The van der Waals surface area contributed by atoms with Crippen LogP contribution in [0.25, 0.3) is 0 Å². The van der Waals surface area contributed by atoms with E-state index in [-0.39, 0.29) is 16.3 Å². The molecule has 6 nitrogen and oxygen atoms in total. The fourth-order valence-electron chi connectivity index (χ4n) is 3.09. The number of hydrogen-bond acceptors (Lipinski definition) is 4. The molecule has 1 heterocycles. The first-order chi connectivity index (χ1) is 13.7. The summed E-state index contributed by atoms with van der Waals surface area (Å²) in [6.07, 6.45) is -4.75. The molecule has 0 radical (unpaired) electrons. The molecular weight excluding hydrogens is 445 g/mol. The smallest absolute Gasteiger partial charge is 0.321 e. The maximum absolute atomic E-state index is 13.2. The molecule has 0 atom stereocenters. The third-order valence-corrected chi connectivity index (χ3v) is 6.72. The lowest BCUT2D eigenvalue weighted by atomic mass is 9.95. The van der Waals surface area contributed by atoms with E-state index in [0.717, 1.165) is 12.1 Å². The van der Waals surface area contributed by atoms with Crippen molar-refractivity contribution in [2.45, 2.75) is 20.0 Å². The third kappa shape index (κ3) is 4.15. The van der Waals surface area contributed by atoms with Crippen LogP contribution in [-0.4, -0.2) is 26.0 Å². The molecule has 0 spiro atoms. The predicted octanol–water partition coefficient (Wildman–Crippen LogP) is 4.31. The van der Waals surface area contributed by atoms with E-state index in [1.54, 1.807) is 0 Å². The number of benzene rings is 2. The van der Waals surface area contributed by atoms with Crippen molar-refractivity contribution in [2.24, 2.45) is 5.41 Å². The minimum atomic E-state index is -4.75. The summed E-state index contributed by atoms with van der Waals surface area (Å²) in [6, 6.07) is 7.99. The van der Waals surface area contributed by atoms with Crippen LogP contribution < -0.4 is 9.62 Å². The largest absolute Gasteiger partial charge is 0.418 e. The van der Waals surface area contributed by atoms with E-state index < -0.39 is 50.4 Å². The van der Waals surface area contributed by atoms with E-state index in [2.05, 4.69) is 5.32 Å². The van der Waals surface area contributed by atoms with Gasteiger partial charge in [-0.1, -0.05) is 17.7 Å². The minimum Gasteiger partial charge on any atom is -0.321 e. The number of carbonyl (C=O) groups excluding carboxylic acids is 2. The molecule has 2 amide bonds. The summed E-state index contributed by atoms with van der Waals surface area (Å²) in [5, 5.41) is 2.01. The zero-order valence-corrected chi connectivity index (χ0v) is 17.3. The van der Waals surface area contributed by atoms with Crippen LogP contribution in [0.1, 0.15) is 29.8 Å². The highest BCUT2D eigenvalue weighted by Gasteiger charge is 2.50. The molecule has 160 valence electrons. The van der Waals surface area contributed by atoms with Crippen molar-refractivity contribution >= 4 is 44.8 Å². The Labute approximate surface area is 175 Å². The zero-order chi connectivity index (χ0) is 22.5. The van der Waals surface area contributed by atoms with Gasteiger partial charge in [-0.2, -0.15) is 13.2 Å². The number of sulfonamides is 1. The van der Waals surface area contributed by atoms with Crippen molar-refractivity contribution in [3.05, 3.63) is 58.6 Å². The van der Waals surface area contributed by atoms with Crippen LogP contribution in [-0.2, 0) is 21.0 Å². The summed E-state index contributed by atoms with van der Waals surface area (Å²) in [5.74, 6) is -1.96. The van der Waals surface area contributed by atoms with Gasteiger partial charge in [-0.05, 0) is 50.2 Å². The van der Waals surface area contributed by atoms with Crippen LogP contribution in [0.2, 0.25) is 5.02 Å². The Kier molecular flexibility index (Phi) is 5.36. The molecule has 0 saturated carbocycles. The Hall–Kier alpha value is -2.59. The van der Waals surface area contributed by atoms with Gasteiger partial charge < -0.3 is 5.32 Å². The first-order valence-electron chi connectivity index (χ1n) is 8.58. The van der Waals surface area contributed by atoms with Crippen molar-refractivity contribution < 1.29 is 31.2 Å². The SMILES string of the molecule is CC1(C)CS(=O)(=O)N(c2cccc(C(=O)Nc3ccc(Cl)cc3C(F)(F)F)c2)C1=O. The summed E-state index contributed by atoms with van der Waals surface area (Å²) < 4.78 is 65.1. The van der Waals surface area contributed by atoms with Gasteiger partial charge in [-0.3, -0.25) is 9.59 Å². The molecule has 30 heavy (non-hydrogen) atoms. The van der Waals surface area contributed by atoms with Crippen molar-refractivity contribution in [2.75, 3.05) is 15.4 Å². The summed E-state index contributed by atoms with van der Waals surface area (Å²) in [5.41, 5.74) is -2.96. The van der Waals surface area contributed by atoms with Gasteiger partial charge in [0.15, 0.2) is 0 Å². The molecule has 1 aliphatic heterocycles. The number of nitrogens with one attached hydrogen (secondary N) is 1. The molecule has 0 aliphatic carbocycles. The molecule has 0 unspecified atom stereocenters. The zero-order valence-electron chi connectivity index (χ0n) is 15.7. The number of anilines is 2. The molecule has 2 aromatic carbocycles. The van der Waals surface area contributed by atoms with Crippen LogP contribution in [0.3, 0.4) is 0 Å². The van der Waals surface area contributed by atoms with Gasteiger partial charge in [0.2, 0.25) is 15.9 Å². The van der Waals surface area contributed by atoms with Gasteiger partial charge >= 0.3 is 6.18 Å². The van der Waals surface area contributed by atoms with Gasteiger partial charge in [0.25, 0.3) is 5.91 Å². The van der Waals surface area contributed by atoms with E-state index in [9.17, 15) is 31.2 Å². The van der Waals surface area contributed by atoms with Crippen LogP contribution in [0.15, 0.2) is 42.5 Å². The van der Waals surface area contributed by atoms with Crippen LogP contribution in [0.4, 0.5) is 24.5 Å². The molecule has 0 aromatic heterocycles. The summed E-state index contributed by atoms with van der Waals surface area (Å²) in [7, 11) is -3.94. The Bertz CT molecular complexity index is 1150. The highest BCUT2D eigenvalue weighted by atomic mass is 35.5. The average Bonchev–Trinajstić information content (AvgIpc) is 2.78. The van der Waals surface area contributed by atoms with Crippen molar-refractivity contribution in [3.8, 4) is 0 Å². The van der Waals surface area contributed by atoms with Gasteiger partial charge in [0.05, 0.1) is 28.1 Å². The number of rotatable bonds is 3. The van der Waals surface area contributed by atoms with Crippen LogP contribution in [0, 0.1) is 5.41 Å². The van der Waals surface area contributed by atoms with Crippen molar-refractivity contribution in [1.29, 1.82) is 0 Å². The summed E-state index contributed by atoms with van der Waals surface area (Å²) in [6.45, 7) is 2.98. The summed E-state index contributed by atoms with van der Waals surface area (Å²) in [4.78, 5) is 25.1. The Morgan fingerprint density at radius 1 is 1.17 bits per heavy atom. The number of nitrogens with zero attached hydrogens (tertiary/aromatic N) is 1. The van der Waals surface area contributed by atoms with E-state index in [1.165, 1.54) is 38.1 Å². The second-order valence-corrected chi connectivity index (χ2v) is 9.66. The second kappa shape index (κ2) is 7.28. The molecule has 1 saturated heterocycles. The number of alkyl halides is 3. The third-order valence-electron chi connectivity index (χ3n) is 4.46. The average molecular weight is 461 g/mol. The minimum absolute atomic E-state index is 0.0645. The van der Waals surface area contributed by atoms with E-state index in [4.69, 9.17) is 11.6 Å². The molecule has 1 fully saturated rings. The topological polar surface area (TPSA) is 83.6 Å². The van der Waals surface area contributed by atoms with E-state index >= 15 is 0 Å². The monoisotopic (exact) mass is 460 g/mol. The molecule has 11 heteroatoms. The molecule has 3 rings (SSSR count). The number of hydrogen-bond donors (Lipinski definition) is 1. The highest BCUT2D eigenvalue weighted by molar-refractivity contribution is 7.94. The predicted molar refractivity (Wildman–Crippen MR) is 106 cm³/mol. The molecule has 0 bridgehead atoms. The molecule has 1 aliphatic rings. The second-order valence-electron chi connectivity index (χ2n) is 7.40. The molecule has 1 N–H and O–H groups in total. The van der Waals surface area contributed by atoms with Crippen LogP contribution in [0.5, 0.6) is 0 Å². The van der Waals surface area contributed by atoms with E-state index in [0.29, 0.717) is 10.4 Å². The first kappa shape index (κ1) is 22.1. The highest BCUT2D eigenvalue weighted by Crippen LogP contribution is 2.38. The number of halogens is 4. The fraction of sp³-hybridized carbons (Fsp3) is 0.263. The Morgan fingerprint density at radius 3 is 2.40 bits per heavy atom. The normalized spacial score (nSPS) is 17.8. The van der Waals surface area contributed by atoms with Crippen LogP contribution >= 0.6 is 11.6 Å². The first-order valence-corrected chi connectivity index (χ1v) is 10.6. The van der Waals surface area contributed by atoms with Gasteiger partial charge in [0, 0.05) is 10.6 Å². The van der Waals surface area contributed by atoms with Crippen molar-refractivity contribution in [1.82, 2.24) is 0 Å². The lowest BCUT2D eigenvalue weighted by molar-refractivity contribution is -0.137. The maximum atomic E-state index is 13.2. The fourth-order valence-corrected chi connectivity index (χ4v) is 5.36. The molecule has 2 aromatic rings. The van der Waals surface area contributed by atoms with Gasteiger partial charge in [0.1, 0.15) is 0 Å². The van der Waals surface area contributed by atoms with Gasteiger partial charge in [-0.25, -0.2) is 12.7 Å². The van der Waals surface area contributed by atoms with E-state index in [1.807, 2.05) is 0 Å². The lowest BCUT2D eigenvalue weighted by Gasteiger charge is -2.18. The standard InChI is InChI=1S/C19H16ClF3N2O4S/c1-18(2)10-30(28,29)25(17(18)27)13-5-3-4-11(8-13)16(26)24-15-7-6-12(20)9-14(15)19(21,22)23/h3-9H,10H2,1-2H3,(H,24,26). The quantitative estimate of drug-likeness (QED) is 0.739. The van der Waals surface area contributed by atoms with Gasteiger partial charge in [-0.15, -0.1) is 0 Å². The molecular formula is C19H16ClF3N2O4S. The Morgan fingerprint density at radius 2 is 1.83 bits per heavy atom. The summed E-state index contributed by atoms with van der Waals surface area (Å²) >= 11 is 5.63. The lowest BCUT2D eigenvalue weighted by Crippen LogP contribution is -2.33. The number of amides is 2. The van der Waals surface area contributed by atoms with Crippen molar-refractivity contribution in [3.63, 3.8) is 0 Å². The number of carbonyl (C=O) groups is 2. The maximum Gasteiger partial charge on any atom is 0.418 e. The Balaban J connectivity index is 1.95.